The maximum atomic E-state index is 5.47. The summed E-state index contributed by atoms with van der Waals surface area (Å²) < 4.78 is 7.42. The van der Waals surface area contributed by atoms with Crippen LogP contribution in [0.2, 0.25) is 0 Å². The Hall–Kier alpha value is -0.390. The van der Waals surface area contributed by atoms with Crippen molar-refractivity contribution in [2.45, 2.75) is 0 Å². The maximum Gasteiger partial charge on any atom is 0.230 e. The average molecular weight is 334 g/mol. The lowest BCUT2D eigenvalue weighted by atomic mass is 10.3. The van der Waals surface area contributed by atoms with Crippen LogP contribution in [0.3, 0.4) is 0 Å². The van der Waals surface area contributed by atoms with Gasteiger partial charge in [0.1, 0.15) is 5.75 Å². The van der Waals surface area contributed by atoms with Gasteiger partial charge in [0.25, 0.3) is 0 Å². The zero-order chi connectivity index (χ0) is 9.97. The number of thiazole rings is 1. The van der Waals surface area contributed by atoms with Crippen molar-refractivity contribution in [1.29, 1.82) is 0 Å². The van der Waals surface area contributed by atoms with E-state index in [1.165, 1.54) is 11.3 Å². The second-order valence-corrected chi connectivity index (χ2v) is 4.82. The summed E-state index contributed by atoms with van der Waals surface area (Å²) in [5.74, 6) is 1.32. The zero-order valence-corrected chi connectivity index (χ0v) is 10.8. The molecular weight excluding hydrogens is 330 g/mol. The van der Waals surface area contributed by atoms with Gasteiger partial charge in [-0.2, -0.15) is 4.98 Å². The molecule has 1 aromatic carbocycles. The third kappa shape index (κ3) is 2.34. The van der Waals surface area contributed by atoms with Gasteiger partial charge in [0.05, 0.1) is 5.38 Å². The Kier molecular flexibility index (Phi) is 3.20. The van der Waals surface area contributed by atoms with Crippen molar-refractivity contribution in [3.05, 3.63) is 38.0 Å². The lowest BCUT2D eigenvalue weighted by Gasteiger charge is -2.03. The molecule has 1 radical (unpaired) electrons. The number of nitrogens with zero attached hydrogens (tertiary/aromatic N) is 1. The molecule has 0 saturated heterocycles. The van der Waals surface area contributed by atoms with Gasteiger partial charge in [-0.25, -0.2) is 0 Å². The minimum atomic E-state index is 0.573. The molecule has 0 fully saturated rings. The molecule has 0 unspecified atom stereocenters. The van der Waals surface area contributed by atoms with Crippen LogP contribution in [0.4, 0.5) is 0 Å². The highest BCUT2D eigenvalue weighted by molar-refractivity contribution is 9.13. The van der Waals surface area contributed by atoms with Crippen LogP contribution in [-0.2, 0) is 0 Å². The van der Waals surface area contributed by atoms with E-state index in [1.807, 2.05) is 18.2 Å². The van der Waals surface area contributed by atoms with E-state index in [-0.39, 0.29) is 0 Å². The molecule has 71 valence electrons. The van der Waals surface area contributed by atoms with Crippen LogP contribution in [0, 0.1) is 5.51 Å². The van der Waals surface area contributed by atoms with E-state index >= 15 is 0 Å². The number of aromatic nitrogens is 1. The van der Waals surface area contributed by atoms with Crippen LogP contribution < -0.4 is 4.74 Å². The van der Waals surface area contributed by atoms with Crippen LogP contribution in [0.25, 0.3) is 0 Å². The number of halogens is 2. The first-order valence-corrected chi connectivity index (χ1v) is 6.17. The molecule has 1 heterocycles. The average Bonchev–Trinajstić information content (AvgIpc) is 2.64. The summed E-state index contributed by atoms with van der Waals surface area (Å²) in [4.78, 5) is 3.91. The molecule has 0 spiro atoms. The second kappa shape index (κ2) is 4.42. The van der Waals surface area contributed by atoms with E-state index in [0.717, 1.165) is 14.7 Å². The number of rotatable bonds is 2. The van der Waals surface area contributed by atoms with Crippen LogP contribution in [-0.4, -0.2) is 4.98 Å². The summed E-state index contributed by atoms with van der Waals surface area (Å²) in [6, 6.07) is 5.66. The smallest absolute Gasteiger partial charge is 0.230 e. The SMILES string of the molecule is Brc1ccc(Oc2cs[c]n2)cc1Br. The Morgan fingerprint density at radius 2 is 2.14 bits per heavy atom. The van der Waals surface area contributed by atoms with Crippen molar-refractivity contribution in [1.82, 2.24) is 4.98 Å². The van der Waals surface area contributed by atoms with Gasteiger partial charge in [-0.15, -0.1) is 11.3 Å². The van der Waals surface area contributed by atoms with Crippen LogP contribution in [0.5, 0.6) is 11.6 Å². The van der Waals surface area contributed by atoms with Gasteiger partial charge in [0.15, 0.2) is 5.51 Å². The highest BCUT2D eigenvalue weighted by atomic mass is 79.9. The molecule has 0 saturated carbocycles. The van der Waals surface area contributed by atoms with Crippen molar-refractivity contribution in [2.24, 2.45) is 0 Å². The molecule has 2 aromatic rings. The van der Waals surface area contributed by atoms with Gasteiger partial charge in [-0.3, -0.25) is 0 Å². The van der Waals surface area contributed by atoms with E-state index in [9.17, 15) is 0 Å². The molecule has 0 atom stereocenters. The Balaban J connectivity index is 2.22. The minimum absolute atomic E-state index is 0.573. The van der Waals surface area contributed by atoms with E-state index < -0.39 is 0 Å². The Bertz CT molecular complexity index is 430. The molecule has 0 N–H and O–H groups in total. The lowest BCUT2D eigenvalue weighted by Crippen LogP contribution is -1.83. The molecule has 2 nitrogen and oxygen atoms in total. The molecule has 0 amide bonds. The van der Waals surface area contributed by atoms with Crippen molar-refractivity contribution in [3.8, 4) is 11.6 Å². The molecule has 2 rings (SSSR count). The van der Waals surface area contributed by atoms with Gasteiger partial charge in [0.2, 0.25) is 5.88 Å². The highest BCUT2D eigenvalue weighted by Gasteiger charge is 2.01. The Labute approximate surface area is 102 Å². The largest absolute Gasteiger partial charge is 0.438 e. The Morgan fingerprint density at radius 1 is 1.29 bits per heavy atom. The molecule has 14 heavy (non-hydrogen) atoms. The summed E-state index contributed by atoms with van der Waals surface area (Å²) in [5, 5.41) is 1.80. The van der Waals surface area contributed by atoms with E-state index in [0.29, 0.717) is 5.88 Å². The number of ether oxygens (including phenoxy) is 1. The van der Waals surface area contributed by atoms with E-state index in [2.05, 4.69) is 42.4 Å². The molecule has 1 aromatic heterocycles. The van der Waals surface area contributed by atoms with Crippen molar-refractivity contribution in [3.63, 3.8) is 0 Å². The van der Waals surface area contributed by atoms with Gasteiger partial charge >= 0.3 is 0 Å². The van der Waals surface area contributed by atoms with E-state index in [4.69, 9.17) is 4.74 Å². The quantitative estimate of drug-likeness (QED) is 0.819. The predicted octanol–water partition coefficient (Wildman–Crippen LogP) is 4.26. The van der Waals surface area contributed by atoms with Crippen LogP contribution in [0.15, 0.2) is 32.5 Å². The number of benzene rings is 1. The third-order valence-corrected chi connectivity index (χ3v) is 3.88. The van der Waals surface area contributed by atoms with Gasteiger partial charge in [-0.05, 0) is 50.1 Å². The van der Waals surface area contributed by atoms with Crippen molar-refractivity contribution >= 4 is 43.2 Å². The van der Waals surface area contributed by atoms with Gasteiger partial charge in [-0.1, -0.05) is 0 Å². The molecule has 5 heteroatoms. The first-order valence-electron chi connectivity index (χ1n) is 3.70. The zero-order valence-electron chi connectivity index (χ0n) is 6.83. The fourth-order valence-corrected chi connectivity index (χ4v) is 1.88. The van der Waals surface area contributed by atoms with E-state index in [1.54, 1.807) is 5.38 Å². The molecule has 0 aliphatic heterocycles. The maximum absolute atomic E-state index is 5.47. The summed E-state index contributed by atoms with van der Waals surface area (Å²) in [6.45, 7) is 0. The molecular formula is C9H4Br2NOS. The number of hydrogen-bond donors (Lipinski definition) is 0. The predicted molar refractivity (Wildman–Crippen MR) is 62.9 cm³/mol. The first kappa shape index (κ1) is 10.1. The minimum Gasteiger partial charge on any atom is -0.438 e. The topological polar surface area (TPSA) is 22.1 Å². The fraction of sp³-hybridized carbons (Fsp3) is 0. The molecule has 0 bridgehead atoms. The van der Waals surface area contributed by atoms with Gasteiger partial charge in [0, 0.05) is 8.95 Å². The van der Waals surface area contributed by atoms with Crippen LogP contribution >= 0.6 is 43.2 Å². The summed E-state index contributed by atoms with van der Waals surface area (Å²) >= 11 is 8.17. The third-order valence-electron chi connectivity index (χ3n) is 1.48. The second-order valence-electron chi connectivity index (χ2n) is 2.46. The molecule has 0 aliphatic rings. The summed E-state index contributed by atoms with van der Waals surface area (Å²) in [6.07, 6.45) is 0. The summed E-state index contributed by atoms with van der Waals surface area (Å²) in [7, 11) is 0. The normalized spacial score (nSPS) is 10.1. The monoisotopic (exact) mass is 332 g/mol. The van der Waals surface area contributed by atoms with Crippen molar-refractivity contribution < 1.29 is 4.74 Å². The van der Waals surface area contributed by atoms with Gasteiger partial charge < -0.3 is 4.74 Å². The number of hydrogen-bond acceptors (Lipinski definition) is 3. The van der Waals surface area contributed by atoms with Crippen LogP contribution in [0.1, 0.15) is 0 Å². The van der Waals surface area contributed by atoms with Crippen molar-refractivity contribution in [2.75, 3.05) is 0 Å². The first-order chi connectivity index (χ1) is 6.75. The lowest BCUT2D eigenvalue weighted by molar-refractivity contribution is 0.466. The molecule has 0 aliphatic carbocycles. The standard InChI is InChI=1S/C9H4Br2NOS/c10-7-2-1-6(3-8(7)11)13-9-4-14-5-12-9/h1-4H. The Morgan fingerprint density at radius 3 is 2.79 bits per heavy atom. The summed E-state index contributed by atoms with van der Waals surface area (Å²) in [5.41, 5.74) is 2.72. The highest BCUT2D eigenvalue weighted by Crippen LogP contribution is 2.29. The fourth-order valence-electron chi connectivity index (χ4n) is 0.882.